The minimum absolute atomic E-state index is 0.179. The van der Waals surface area contributed by atoms with Gasteiger partial charge in [0.05, 0.1) is 17.4 Å². The molecular formula is C26H19ClN4O3S2. The van der Waals surface area contributed by atoms with Crippen molar-refractivity contribution in [3.8, 4) is 16.1 Å². The predicted octanol–water partition coefficient (Wildman–Crippen LogP) is 4.18. The molecule has 2 aliphatic rings. The smallest absolute Gasteiger partial charge is 0.333 e. The van der Waals surface area contributed by atoms with E-state index in [1.54, 1.807) is 24.5 Å². The van der Waals surface area contributed by atoms with Crippen LogP contribution in [0.25, 0.3) is 37.1 Å². The third kappa shape index (κ3) is 3.30. The molecule has 2 fully saturated rings. The van der Waals surface area contributed by atoms with Crippen LogP contribution < -0.4 is 16.1 Å². The van der Waals surface area contributed by atoms with E-state index in [2.05, 4.69) is 14.9 Å². The Morgan fingerprint density at radius 1 is 1.06 bits per heavy atom. The highest BCUT2D eigenvalue weighted by molar-refractivity contribution is 7.86. The number of H-pyrrole nitrogens is 1. The second-order valence-electron chi connectivity index (χ2n) is 9.55. The van der Waals surface area contributed by atoms with Gasteiger partial charge >= 0.3 is 5.69 Å². The van der Waals surface area contributed by atoms with Crippen molar-refractivity contribution >= 4 is 60.4 Å². The van der Waals surface area contributed by atoms with Crippen molar-refractivity contribution in [2.75, 3.05) is 29.5 Å². The lowest BCUT2D eigenvalue weighted by Gasteiger charge is -2.55. The molecule has 0 radical (unpaired) electrons. The molecule has 0 unspecified atom stereocenters. The fourth-order valence-electron chi connectivity index (χ4n) is 5.30. The average molecular weight is 535 g/mol. The molecule has 180 valence electrons. The van der Waals surface area contributed by atoms with Gasteiger partial charge in [0.1, 0.15) is 4.70 Å². The Balaban J connectivity index is 1.35. The first-order chi connectivity index (χ1) is 17.4. The van der Waals surface area contributed by atoms with Crippen molar-refractivity contribution in [1.29, 1.82) is 0 Å². The minimum atomic E-state index is -0.679. The number of nitrogens with one attached hydrogen (secondary N) is 1. The summed E-state index contributed by atoms with van der Waals surface area (Å²) in [6.45, 7) is 1.74. The van der Waals surface area contributed by atoms with E-state index in [-0.39, 0.29) is 5.41 Å². The number of hydrogen-bond donors (Lipinski definition) is 1. The first-order valence-corrected chi connectivity index (χ1v) is 14.1. The molecule has 2 saturated heterocycles. The molecule has 0 saturated carbocycles. The van der Waals surface area contributed by atoms with E-state index in [4.69, 9.17) is 11.6 Å². The van der Waals surface area contributed by atoms with Crippen LogP contribution in [0.15, 0.2) is 70.5 Å². The van der Waals surface area contributed by atoms with Crippen LogP contribution in [0, 0.1) is 5.41 Å². The number of rotatable bonds is 3. The maximum atomic E-state index is 13.6. The molecule has 0 aliphatic carbocycles. The normalized spacial score (nSPS) is 17.0. The number of thiophene rings is 1. The number of aromatic amines is 1. The number of anilines is 1. The zero-order chi connectivity index (χ0) is 24.6. The lowest BCUT2D eigenvalue weighted by molar-refractivity contribution is 0.264. The van der Waals surface area contributed by atoms with Crippen molar-refractivity contribution in [2.45, 2.75) is 0 Å². The highest BCUT2D eigenvalue weighted by Crippen LogP contribution is 2.42. The van der Waals surface area contributed by atoms with Gasteiger partial charge in [0, 0.05) is 78.9 Å². The molecule has 5 aromatic rings. The van der Waals surface area contributed by atoms with Gasteiger partial charge in [0.15, 0.2) is 0 Å². The number of aromatic nitrogens is 3. The molecule has 7 nitrogen and oxygen atoms in total. The van der Waals surface area contributed by atoms with Crippen LogP contribution in [0.2, 0.25) is 5.02 Å². The van der Waals surface area contributed by atoms with Gasteiger partial charge in [0.25, 0.3) is 5.56 Å². The molecule has 0 atom stereocenters. The van der Waals surface area contributed by atoms with E-state index < -0.39 is 22.0 Å². The molecule has 3 aromatic heterocycles. The Labute approximate surface area is 216 Å². The number of benzene rings is 2. The van der Waals surface area contributed by atoms with Gasteiger partial charge in [-0.15, -0.1) is 11.3 Å². The van der Waals surface area contributed by atoms with Gasteiger partial charge in [-0.2, -0.15) is 0 Å². The molecular weight excluding hydrogens is 516 g/mol. The van der Waals surface area contributed by atoms with Crippen molar-refractivity contribution < 1.29 is 4.21 Å². The molecule has 2 aliphatic heterocycles. The lowest BCUT2D eigenvalue weighted by Crippen LogP contribution is -2.67. The second-order valence-corrected chi connectivity index (χ2v) is 12.5. The molecule has 7 rings (SSSR count). The van der Waals surface area contributed by atoms with Crippen molar-refractivity contribution in [2.24, 2.45) is 5.41 Å². The van der Waals surface area contributed by atoms with Crippen molar-refractivity contribution in [1.82, 2.24) is 14.5 Å². The number of pyridine rings is 1. The Morgan fingerprint density at radius 2 is 1.86 bits per heavy atom. The fraction of sp³-hybridized carbons (Fsp3) is 0.192. The molecule has 1 spiro atoms. The van der Waals surface area contributed by atoms with E-state index in [1.807, 2.05) is 36.4 Å². The third-order valence-electron chi connectivity index (χ3n) is 7.03. The van der Waals surface area contributed by atoms with Gasteiger partial charge in [-0.05, 0) is 24.3 Å². The van der Waals surface area contributed by atoms with Crippen LogP contribution in [0.5, 0.6) is 0 Å². The lowest BCUT2D eigenvalue weighted by atomic mass is 9.82. The number of fused-ring (bicyclic) bond motifs is 2. The Hall–Kier alpha value is -3.27. The summed E-state index contributed by atoms with van der Waals surface area (Å²) in [5, 5.41) is 2.19. The monoisotopic (exact) mass is 534 g/mol. The number of hydrogen-bond acceptors (Lipinski definition) is 6. The largest absolute Gasteiger partial charge is 0.370 e. The zero-order valence-electron chi connectivity index (χ0n) is 18.9. The number of halogens is 1. The van der Waals surface area contributed by atoms with Crippen LogP contribution in [-0.2, 0) is 10.8 Å². The summed E-state index contributed by atoms with van der Waals surface area (Å²) in [6.07, 6.45) is 3.29. The average Bonchev–Trinajstić information content (AvgIpc) is 3.24. The fourth-order valence-corrected chi connectivity index (χ4v) is 8.32. The quantitative estimate of drug-likeness (QED) is 0.375. The Bertz CT molecular complexity index is 1840. The van der Waals surface area contributed by atoms with Crippen LogP contribution in [0.1, 0.15) is 0 Å². The van der Waals surface area contributed by atoms with Crippen molar-refractivity contribution in [3.63, 3.8) is 0 Å². The second kappa shape index (κ2) is 7.86. The summed E-state index contributed by atoms with van der Waals surface area (Å²) in [5.74, 6) is 1.54. The number of nitrogens with zero attached hydrogens (tertiary/aromatic N) is 3. The van der Waals surface area contributed by atoms with E-state index in [9.17, 15) is 13.8 Å². The summed E-state index contributed by atoms with van der Waals surface area (Å²) < 4.78 is 13.2. The highest BCUT2D eigenvalue weighted by atomic mass is 35.5. The molecule has 1 N–H and O–H groups in total. The Kier molecular flexibility index (Phi) is 4.80. The van der Waals surface area contributed by atoms with Gasteiger partial charge in [0.2, 0.25) is 0 Å². The zero-order valence-corrected chi connectivity index (χ0v) is 21.3. The summed E-state index contributed by atoms with van der Waals surface area (Å²) in [5.41, 5.74) is 2.02. The van der Waals surface area contributed by atoms with E-state index >= 15 is 0 Å². The molecule has 10 heteroatoms. The molecule has 2 aromatic carbocycles. The SMILES string of the molecule is O=c1[nH]c2cc(-c3ccccc3Cl)sc2c(=O)n1-c1cncc2ccc(N3CC4(C3)CS(=O)C4)cc12. The van der Waals surface area contributed by atoms with Crippen molar-refractivity contribution in [3.05, 3.63) is 86.8 Å². The van der Waals surface area contributed by atoms with Gasteiger partial charge < -0.3 is 9.88 Å². The highest BCUT2D eigenvalue weighted by Gasteiger charge is 2.51. The maximum absolute atomic E-state index is 13.6. The summed E-state index contributed by atoms with van der Waals surface area (Å²) >= 11 is 7.67. The minimum Gasteiger partial charge on any atom is -0.370 e. The van der Waals surface area contributed by atoms with E-state index in [0.717, 1.165) is 51.5 Å². The van der Waals surface area contributed by atoms with Crippen LogP contribution in [0.3, 0.4) is 0 Å². The molecule has 36 heavy (non-hydrogen) atoms. The predicted molar refractivity (Wildman–Crippen MR) is 146 cm³/mol. The third-order valence-corrected chi connectivity index (χ3v) is 10.4. The van der Waals surface area contributed by atoms with E-state index in [1.165, 1.54) is 15.9 Å². The first-order valence-electron chi connectivity index (χ1n) is 11.4. The van der Waals surface area contributed by atoms with Gasteiger partial charge in [-0.25, -0.2) is 9.36 Å². The van der Waals surface area contributed by atoms with Gasteiger partial charge in [-0.3, -0.25) is 14.0 Å². The van der Waals surface area contributed by atoms with Crippen LogP contribution in [-0.4, -0.2) is 43.3 Å². The van der Waals surface area contributed by atoms with Crippen LogP contribution in [0.4, 0.5) is 5.69 Å². The topological polar surface area (TPSA) is 88.1 Å². The summed E-state index contributed by atoms with van der Waals surface area (Å²) in [6, 6.07) is 15.2. The molecule has 0 bridgehead atoms. The van der Waals surface area contributed by atoms with Crippen LogP contribution >= 0.6 is 22.9 Å². The maximum Gasteiger partial charge on any atom is 0.333 e. The molecule has 5 heterocycles. The summed E-state index contributed by atoms with van der Waals surface area (Å²) in [4.78, 5) is 37.0. The summed E-state index contributed by atoms with van der Waals surface area (Å²) in [7, 11) is -0.679. The molecule has 0 amide bonds. The van der Waals surface area contributed by atoms with Gasteiger partial charge in [-0.1, -0.05) is 35.9 Å². The van der Waals surface area contributed by atoms with E-state index in [0.29, 0.717) is 20.9 Å². The Morgan fingerprint density at radius 3 is 2.64 bits per heavy atom. The first kappa shape index (κ1) is 22.0. The standard InChI is InChI=1S/C26H19ClN4O3S2/c27-19-4-2-1-3-17(19)22-8-20-23(35-22)24(32)31(25(33)29-20)21-10-28-9-15-5-6-16(7-18(15)21)30-11-26(12-30)13-36(34)14-26/h1-10H,11-14H2,(H,29,33).